The maximum atomic E-state index is 12.6. The average molecular weight is 390 g/mol. The van der Waals surface area contributed by atoms with Gasteiger partial charge in [0.2, 0.25) is 15.8 Å². The first-order chi connectivity index (χ1) is 12.7. The molecule has 0 aliphatic rings. The monoisotopic (exact) mass is 390 g/mol. The summed E-state index contributed by atoms with van der Waals surface area (Å²) in [6.45, 7) is 1.81. The molecule has 2 aromatic heterocycles. The lowest BCUT2D eigenvalue weighted by Crippen LogP contribution is -2.22. The summed E-state index contributed by atoms with van der Waals surface area (Å²) in [6.07, 6.45) is 1.57. The summed E-state index contributed by atoms with van der Waals surface area (Å²) < 4.78 is 32.4. The molecule has 0 atom stereocenters. The lowest BCUT2D eigenvalue weighted by atomic mass is 10.3. The number of nitrogens with zero attached hydrogens (tertiary/aromatic N) is 5. The van der Waals surface area contributed by atoms with E-state index in [1.54, 1.807) is 12.3 Å². The Labute approximate surface area is 155 Å². The second-order valence-corrected chi connectivity index (χ2v) is 7.99. The molecule has 0 fully saturated rings. The van der Waals surface area contributed by atoms with Gasteiger partial charge in [0.05, 0.1) is 17.7 Å². The summed E-state index contributed by atoms with van der Waals surface area (Å²) in [6, 6.07) is 5.93. The Morgan fingerprint density at radius 3 is 2.63 bits per heavy atom. The molecule has 10 nitrogen and oxygen atoms in total. The number of carbonyl (C=O) groups excluding carboxylic acids is 1. The maximum absolute atomic E-state index is 12.6. The number of anilines is 1. The van der Waals surface area contributed by atoms with Gasteiger partial charge in [0.25, 0.3) is 11.7 Å². The maximum Gasteiger partial charge on any atom is 0.295 e. The van der Waals surface area contributed by atoms with E-state index in [1.165, 1.54) is 43.9 Å². The zero-order valence-electron chi connectivity index (χ0n) is 15.2. The Bertz CT molecular complexity index is 1120. The number of ether oxygens (including phenoxy) is 1. The van der Waals surface area contributed by atoms with Crippen LogP contribution >= 0.6 is 0 Å². The van der Waals surface area contributed by atoms with E-state index >= 15 is 0 Å². The molecule has 0 saturated heterocycles. The van der Waals surface area contributed by atoms with Crippen LogP contribution in [0, 0.1) is 6.92 Å². The van der Waals surface area contributed by atoms with Crippen LogP contribution in [0.4, 0.5) is 5.69 Å². The molecule has 0 unspecified atom stereocenters. The number of fused-ring (bicyclic) bond motifs is 1. The van der Waals surface area contributed by atoms with Crippen molar-refractivity contribution in [2.45, 2.75) is 11.8 Å². The van der Waals surface area contributed by atoms with E-state index in [0.717, 1.165) is 10.00 Å². The van der Waals surface area contributed by atoms with Crippen molar-refractivity contribution in [2.75, 3.05) is 26.5 Å². The number of carbonyl (C=O) groups is 1. The summed E-state index contributed by atoms with van der Waals surface area (Å²) in [5.74, 6) is -0.118. The van der Waals surface area contributed by atoms with Crippen LogP contribution in [-0.2, 0) is 10.0 Å². The van der Waals surface area contributed by atoms with E-state index < -0.39 is 15.9 Å². The average Bonchev–Trinajstić information content (AvgIpc) is 3.07. The van der Waals surface area contributed by atoms with Crippen molar-refractivity contribution in [3.8, 4) is 5.75 Å². The second kappa shape index (κ2) is 6.93. The van der Waals surface area contributed by atoms with E-state index in [1.807, 2.05) is 6.92 Å². The van der Waals surface area contributed by atoms with Crippen LogP contribution in [0.1, 0.15) is 16.3 Å². The number of benzene rings is 1. The highest BCUT2D eigenvalue weighted by Gasteiger charge is 2.21. The van der Waals surface area contributed by atoms with Gasteiger partial charge < -0.3 is 10.1 Å². The van der Waals surface area contributed by atoms with Gasteiger partial charge in [-0.05, 0) is 31.2 Å². The van der Waals surface area contributed by atoms with Gasteiger partial charge in [0.15, 0.2) is 0 Å². The molecule has 1 N–H and O–H groups in total. The fraction of sp³-hybridized carbons (Fsp3) is 0.250. The van der Waals surface area contributed by atoms with Gasteiger partial charge in [-0.1, -0.05) is 0 Å². The molecule has 0 saturated carbocycles. The van der Waals surface area contributed by atoms with Crippen LogP contribution < -0.4 is 10.1 Å². The quantitative estimate of drug-likeness (QED) is 0.689. The van der Waals surface area contributed by atoms with Crippen LogP contribution in [0.5, 0.6) is 5.75 Å². The number of amides is 1. The minimum atomic E-state index is -3.67. The third-order valence-corrected chi connectivity index (χ3v) is 5.64. The zero-order chi connectivity index (χ0) is 19.8. The zero-order valence-corrected chi connectivity index (χ0v) is 16.0. The topological polar surface area (TPSA) is 119 Å². The Hall–Kier alpha value is -3.05. The first-order valence-electron chi connectivity index (χ1n) is 7.84. The molecular formula is C16H18N6O4S. The van der Waals surface area contributed by atoms with Crippen LogP contribution in [0.15, 0.2) is 35.4 Å². The molecular weight excluding hydrogens is 372 g/mol. The summed E-state index contributed by atoms with van der Waals surface area (Å²) in [5.41, 5.74) is 0.956. The summed E-state index contributed by atoms with van der Waals surface area (Å²) in [4.78, 5) is 20.7. The summed E-state index contributed by atoms with van der Waals surface area (Å²) in [7, 11) is 0.597. The predicted molar refractivity (Wildman–Crippen MR) is 97.3 cm³/mol. The molecule has 1 aromatic carbocycles. The van der Waals surface area contributed by atoms with E-state index in [0.29, 0.717) is 5.75 Å². The van der Waals surface area contributed by atoms with Gasteiger partial charge in [-0.25, -0.2) is 22.2 Å². The minimum absolute atomic E-state index is 0.0177. The van der Waals surface area contributed by atoms with E-state index in [9.17, 15) is 13.2 Å². The van der Waals surface area contributed by atoms with Crippen molar-refractivity contribution in [2.24, 2.45) is 0 Å². The van der Waals surface area contributed by atoms with Crippen molar-refractivity contribution < 1.29 is 17.9 Å². The SMILES string of the molecule is COc1ccc(S(=O)(=O)N(C)C)cc1NC(=O)c1nc2nccc(C)n2n1. The minimum Gasteiger partial charge on any atom is -0.495 e. The number of sulfonamides is 1. The first kappa shape index (κ1) is 18.7. The molecule has 2 heterocycles. The third kappa shape index (κ3) is 3.46. The highest BCUT2D eigenvalue weighted by Crippen LogP contribution is 2.28. The Morgan fingerprint density at radius 2 is 2.00 bits per heavy atom. The largest absolute Gasteiger partial charge is 0.495 e. The van der Waals surface area contributed by atoms with Gasteiger partial charge in [-0.3, -0.25) is 4.79 Å². The van der Waals surface area contributed by atoms with Crippen LogP contribution in [0.3, 0.4) is 0 Å². The fourth-order valence-corrected chi connectivity index (χ4v) is 3.27. The molecule has 0 aliphatic carbocycles. The summed E-state index contributed by atoms with van der Waals surface area (Å²) in [5, 5.41) is 6.72. The van der Waals surface area contributed by atoms with Gasteiger partial charge in [0, 0.05) is 26.0 Å². The highest BCUT2D eigenvalue weighted by atomic mass is 32.2. The Morgan fingerprint density at radius 1 is 1.26 bits per heavy atom. The molecule has 1 amide bonds. The van der Waals surface area contributed by atoms with Crippen molar-refractivity contribution in [1.29, 1.82) is 0 Å². The number of hydrogen-bond acceptors (Lipinski definition) is 7. The molecule has 0 aliphatic heterocycles. The number of hydrogen-bond donors (Lipinski definition) is 1. The number of nitrogens with one attached hydrogen (secondary N) is 1. The second-order valence-electron chi connectivity index (χ2n) is 5.84. The standard InChI is InChI=1S/C16H18N6O4S/c1-10-7-8-17-16-19-14(20-22(10)16)15(23)18-12-9-11(5-6-13(12)26-4)27(24,25)21(2)3/h5-9H,1-4H3,(H,18,23). The third-order valence-electron chi connectivity index (χ3n) is 3.83. The van der Waals surface area contributed by atoms with Crippen molar-refractivity contribution in [3.63, 3.8) is 0 Å². The Kier molecular flexibility index (Phi) is 4.81. The smallest absolute Gasteiger partial charge is 0.295 e. The van der Waals surface area contributed by atoms with Crippen molar-refractivity contribution in [1.82, 2.24) is 23.9 Å². The molecule has 27 heavy (non-hydrogen) atoms. The molecule has 142 valence electrons. The van der Waals surface area contributed by atoms with Gasteiger partial charge in [-0.15, -0.1) is 5.10 Å². The number of rotatable bonds is 5. The lowest BCUT2D eigenvalue weighted by Gasteiger charge is -2.14. The molecule has 3 aromatic rings. The fourth-order valence-electron chi connectivity index (χ4n) is 2.34. The predicted octanol–water partition coefficient (Wildman–Crippen LogP) is 0.944. The van der Waals surface area contributed by atoms with E-state index in [-0.39, 0.29) is 22.2 Å². The van der Waals surface area contributed by atoms with Crippen molar-refractivity contribution >= 4 is 27.4 Å². The van der Waals surface area contributed by atoms with E-state index in [2.05, 4.69) is 20.4 Å². The summed E-state index contributed by atoms with van der Waals surface area (Å²) >= 11 is 0. The molecule has 0 spiro atoms. The van der Waals surface area contributed by atoms with Gasteiger partial charge in [0.1, 0.15) is 5.75 Å². The van der Waals surface area contributed by atoms with E-state index in [4.69, 9.17) is 4.74 Å². The lowest BCUT2D eigenvalue weighted by molar-refractivity contribution is 0.101. The van der Waals surface area contributed by atoms with Crippen LogP contribution in [0.25, 0.3) is 5.78 Å². The molecule has 3 rings (SSSR count). The number of aromatic nitrogens is 4. The molecule has 0 bridgehead atoms. The van der Waals surface area contributed by atoms with Gasteiger partial charge >= 0.3 is 0 Å². The molecule has 0 radical (unpaired) electrons. The van der Waals surface area contributed by atoms with Crippen LogP contribution in [-0.4, -0.2) is 59.4 Å². The first-order valence-corrected chi connectivity index (χ1v) is 9.28. The van der Waals surface area contributed by atoms with Crippen LogP contribution in [0.2, 0.25) is 0 Å². The van der Waals surface area contributed by atoms with Crippen molar-refractivity contribution in [3.05, 3.63) is 42.0 Å². The highest BCUT2D eigenvalue weighted by molar-refractivity contribution is 7.89. The Balaban J connectivity index is 1.98. The number of aryl methyl sites for hydroxylation is 1. The van der Waals surface area contributed by atoms with Gasteiger partial charge in [-0.2, -0.15) is 4.98 Å². The molecule has 11 heteroatoms. The number of methoxy groups -OCH3 is 1. The normalized spacial score (nSPS) is 11.7.